The van der Waals surface area contributed by atoms with Crippen molar-refractivity contribution in [1.29, 1.82) is 0 Å². The molecule has 20 heavy (non-hydrogen) atoms. The van der Waals surface area contributed by atoms with E-state index in [9.17, 15) is 14.3 Å². The Labute approximate surface area is 116 Å². The van der Waals surface area contributed by atoms with Crippen molar-refractivity contribution in [2.75, 3.05) is 17.2 Å². The van der Waals surface area contributed by atoms with E-state index < -0.39 is 18.5 Å². The molecule has 1 aliphatic heterocycles. The van der Waals surface area contributed by atoms with E-state index in [2.05, 4.69) is 10.6 Å². The first-order valence-electron chi connectivity index (χ1n) is 6.40. The van der Waals surface area contributed by atoms with Crippen LogP contribution in [-0.4, -0.2) is 23.7 Å². The molecule has 0 aromatic heterocycles. The van der Waals surface area contributed by atoms with E-state index in [0.29, 0.717) is 17.9 Å². The molecule has 1 heterocycles. The number of rotatable bonds is 4. The van der Waals surface area contributed by atoms with Crippen LogP contribution >= 0.6 is 0 Å². The van der Waals surface area contributed by atoms with Crippen molar-refractivity contribution in [3.8, 4) is 0 Å². The van der Waals surface area contributed by atoms with E-state index in [-0.39, 0.29) is 17.2 Å². The van der Waals surface area contributed by atoms with E-state index in [1.807, 2.05) is 6.92 Å². The molecule has 0 spiro atoms. The highest BCUT2D eigenvalue weighted by molar-refractivity contribution is 6.04. The molecule has 3 N–H and O–H groups in total. The molecule has 1 aromatic rings. The van der Waals surface area contributed by atoms with Gasteiger partial charge in [0.1, 0.15) is 11.7 Å². The minimum Gasteiger partial charge on any atom is -0.501 e. The number of amides is 1. The minimum absolute atomic E-state index is 0.0656. The molecule has 0 radical (unpaired) electrons. The van der Waals surface area contributed by atoms with Crippen molar-refractivity contribution in [1.82, 2.24) is 0 Å². The fraction of sp³-hybridized carbons (Fsp3) is 0.357. The van der Waals surface area contributed by atoms with Gasteiger partial charge in [-0.05, 0) is 26.0 Å². The van der Waals surface area contributed by atoms with Gasteiger partial charge in [0.25, 0.3) is 0 Å². The quantitative estimate of drug-likeness (QED) is 0.738. The molecule has 0 bridgehead atoms. The van der Waals surface area contributed by atoms with Crippen LogP contribution in [0, 0.1) is 5.82 Å². The summed E-state index contributed by atoms with van der Waals surface area (Å²) >= 11 is 0. The second kappa shape index (κ2) is 5.92. The average molecular weight is 280 g/mol. The molecule has 1 atom stereocenters. The molecule has 0 unspecified atom stereocenters. The number of anilines is 2. The number of nitrogens with one attached hydrogen (secondary N) is 2. The Morgan fingerprint density at radius 1 is 1.50 bits per heavy atom. The fourth-order valence-electron chi connectivity index (χ4n) is 1.99. The van der Waals surface area contributed by atoms with Crippen LogP contribution in [0.2, 0.25) is 0 Å². The van der Waals surface area contributed by atoms with Crippen LogP contribution in [0.25, 0.3) is 6.08 Å². The number of halogens is 1. The second-order valence-corrected chi connectivity index (χ2v) is 4.46. The summed E-state index contributed by atoms with van der Waals surface area (Å²) in [5.74, 6) is -0.935. The molecule has 6 heteroatoms. The lowest BCUT2D eigenvalue weighted by molar-refractivity contribution is -0.116. The standard InChI is InChI=1S/C14H17FN2O3/c1-3-20-5-4-9-6-10(7-18)11(15)13-12(9)16-8(2)14(19)17-13/h4-6,8,16,18H,3,7H2,1-2H3,(H,17,19)/b5-4+/t8-/m1/s1. The highest BCUT2D eigenvalue weighted by Crippen LogP contribution is 2.36. The zero-order valence-electron chi connectivity index (χ0n) is 11.4. The Balaban J connectivity index is 2.51. The molecule has 2 rings (SSSR count). The largest absolute Gasteiger partial charge is 0.501 e. The van der Waals surface area contributed by atoms with Crippen molar-refractivity contribution >= 4 is 23.4 Å². The molecular formula is C14H17FN2O3. The lowest BCUT2D eigenvalue weighted by atomic mass is 10.0. The van der Waals surface area contributed by atoms with E-state index in [1.165, 1.54) is 12.3 Å². The lowest BCUT2D eigenvalue weighted by Gasteiger charge is -2.27. The summed E-state index contributed by atoms with van der Waals surface area (Å²) in [5, 5.41) is 14.7. The van der Waals surface area contributed by atoms with Gasteiger partial charge in [0, 0.05) is 11.1 Å². The Bertz CT molecular complexity index is 558. The molecule has 0 saturated carbocycles. The average Bonchev–Trinajstić information content (AvgIpc) is 2.44. The van der Waals surface area contributed by atoms with Crippen molar-refractivity contribution in [2.45, 2.75) is 26.5 Å². The van der Waals surface area contributed by atoms with Gasteiger partial charge in [-0.1, -0.05) is 0 Å². The first kappa shape index (κ1) is 14.3. The SMILES string of the molecule is CCO/C=C/c1cc(CO)c(F)c2c1N[C@H](C)C(=O)N2. The Morgan fingerprint density at radius 3 is 2.90 bits per heavy atom. The molecule has 0 saturated heterocycles. The van der Waals surface area contributed by atoms with Crippen LogP contribution in [0.5, 0.6) is 0 Å². The minimum atomic E-state index is -0.621. The van der Waals surface area contributed by atoms with E-state index in [0.717, 1.165) is 0 Å². The number of fused-ring (bicyclic) bond motifs is 1. The predicted octanol–water partition coefficient (Wildman–Crippen LogP) is 2.08. The van der Waals surface area contributed by atoms with Gasteiger partial charge < -0.3 is 20.5 Å². The smallest absolute Gasteiger partial charge is 0.246 e. The molecule has 1 aliphatic rings. The van der Waals surface area contributed by atoms with Crippen molar-refractivity contribution < 1.29 is 19.0 Å². The third kappa shape index (κ3) is 2.60. The Hall–Kier alpha value is -2.08. The second-order valence-electron chi connectivity index (χ2n) is 4.46. The van der Waals surface area contributed by atoms with Crippen molar-refractivity contribution in [3.05, 3.63) is 29.3 Å². The molecule has 0 aliphatic carbocycles. The van der Waals surface area contributed by atoms with E-state index >= 15 is 0 Å². The van der Waals surface area contributed by atoms with Crippen molar-refractivity contribution in [2.24, 2.45) is 0 Å². The monoisotopic (exact) mass is 280 g/mol. The number of hydrogen-bond donors (Lipinski definition) is 3. The van der Waals surface area contributed by atoms with Gasteiger partial charge in [-0.3, -0.25) is 4.79 Å². The van der Waals surface area contributed by atoms with E-state index in [1.54, 1.807) is 13.0 Å². The zero-order valence-corrected chi connectivity index (χ0v) is 11.4. The topological polar surface area (TPSA) is 70.6 Å². The van der Waals surface area contributed by atoms with Crippen LogP contribution in [0.3, 0.4) is 0 Å². The van der Waals surface area contributed by atoms with Crippen LogP contribution in [0.1, 0.15) is 25.0 Å². The number of carbonyl (C=O) groups is 1. The van der Waals surface area contributed by atoms with Gasteiger partial charge >= 0.3 is 0 Å². The van der Waals surface area contributed by atoms with Crippen LogP contribution in [0.4, 0.5) is 15.8 Å². The lowest BCUT2D eigenvalue weighted by Crippen LogP contribution is -2.37. The predicted molar refractivity (Wildman–Crippen MR) is 74.7 cm³/mol. The van der Waals surface area contributed by atoms with Gasteiger partial charge in [-0.15, -0.1) is 0 Å². The zero-order chi connectivity index (χ0) is 14.7. The number of ether oxygens (including phenoxy) is 1. The Kier molecular flexibility index (Phi) is 4.24. The summed E-state index contributed by atoms with van der Waals surface area (Å²) < 4.78 is 19.3. The maximum Gasteiger partial charge on any atom is 0.246 e. The highest BCUT2D eigenvalue weighted by atomic mass is 19.1. The van der Waals surface area contributed by atoms with Crippen LogP contribution in [-0.2, 0) is 16.1 Å². The highest BCUT2D eigenvalue weighted by Gasteiger charge is 2.27. The molecule has 1 aromatic carbocycles. The summed E-state index contributed by atoms with van der Waals surface area (Å²) in [5.41, 5.74) is 1.32. The van der Waals surface area contributed by atoms with Crippen molar-refractivity contribution in [3.63, 3.8) is 0 Å². The van der Waals surface area contributed by atoms with Crippen LogP contribution < -0.4 is 10.6 Å². The summed E-state index contributed by atoms with van der Waals surface area (Å²) in [6, 6.07) is 1.07. The molecule has 108 valence electrons. The summed E-state index contributed by atoms with van der Waals surface area (Å²) in [7, 11) is 0. The molecule has 0 fully saturated rings. The van der Waals surface area contributed by atoms with Gasteiger partial charge in [0.2, 0.25) is 5.91 Å². The number of aliphatic hydroxyl groups excluding tert-OH is 1. The Morgan fingerprint density at radius 2 is 2.25 bits per heavy atom. The summed E-state index contributed by atoms with van der Waals surface area (Å²) in [6.07, 6.45) is 3.16. The summed E-state index contributed by atoms with van der Waals surface area (Å²) in [6.45, 7) is 3.61. The number of aliphatic hydroxyl groups is 1. The number of hydrogen-bond acceptors (Lipinski definition) is 4. The van der Waals surface area contributed by atoms with Gasteiger partial charge in [-0.25, -0.2) is 4.39 Å². The first-order chi connectivity index (χ1) is 9.58. The number of carbonyl (C=O) groups excluding carboxylic acids is 1. The van der Waals surface area contributed by atoms with Gasteiger partial charge in [0.15, 0.2) is 5.82 Å². The van der Waals surface area contributed by atoms with E-state index in [4.69, 9.17) is 4.74 Å². The van der Waals surface area contributed by atoms with Gasteiger partial charge in [-0.2, -0.15) is 0 Å². The fourth-order valence-corrected chi connectivity index (χ4v) is 1.99. The van der Waals surface area contributed by atoms with Crippen LogP contribution in [0.15, 0.2) is 12.3 Å². The maximum atomic E-state index is 14.2. The normalized spacial score (nSPS) is 17.6. The third-order valence-corrected chi connectivity index (χ3v) is 3.05. The summed E-state index contributed by atoms with van der Waals surface area (Å²) in [4.78, 5) is 11.6. The third-order valence-electron chi connectivity index (χ3n) is 3.05. The maximum absolute atomic E-state index is 14.2. The first-order valence-corrected chi connectivity index (χ1v) is 6.40. The molecule has 1 amide bonds. The number of benzene rings is 1. The molecule has 5 nitrogen and oxygen atoms in total. The molecular weight excluding hydrogens is 263 g/mol. The van der Waals surface area contributed by atoms with Gasteiger partial charge in [0.05, 0.1) is 25.2 Å².